The second-order valence-electron chi connectivity index (χ2n) is 4.90. The van der Waals surface area contributed by atoms with E-state index in [0.29, 0.717) is 5.39 Å². The first-order valence-electron chi connectivity index (χ1n) is 5.46. The first-order chi connectivity index (χ1) is 8.24. The van der Waals surface area contributed by atoms with Crippen LogP contribution in [0.2, 0.25) is 0 Å². The van der Waals surface area contributed by atoms with Crippen molar-refractivity contribution >= 4 is 11.0 Å². The number of aliphatic hydroxyl groups excluding tert-OH is 1. The number of aliphatic hydroxyl groups is 1. The Balaban J connectivity index is 2.53. The summed E-state index contributed by atoms with van der Waals surface area (Å²) in [5.74, 6) is -1.00. The molecule has 0 fully saturated rings. The van der Waals surface area contributed by atoms with Crippen LogP contribution >= 0.6 is 0 Å². The molecule has 0 aliphatic rings. The molecular weight excluding hydrogens is 245 g/mol. The Morgan fingerprint density at radius 3 is 2.39 bits per heavy atom. The molecule has 5 heteroatoms. The summed E-state index contributed by atoms with van der Waals surface area (Å²) in [6.07, 6.45) is -4.48. The molecule has 0 unspecified atom stereocenters. The van der Waals surface area contributed by atoms with E-state index in [1.807, 2.05) is 13.8 Å². The van der Waals surface area contributed by atoms with Gasteiger partial charge in [0.1, 0.15) is 5.58 Å². The maximum atomic E-state index is 12.5. The molecule has 0 amide bonds. The normalized spacial score (nSPS) is 13.2. The van der Waals surface area contributed by atoms with Gasteiger partial charge in [0.2, 0.25) is 5.76 Å². The van der Waals surface area contributed by atoms with Gasteiger partial charge in [-0.2, -0.15) is 13.2 Å². The Kier molecular flexibility index (Phi) is 2.89. The van der Waals surface area contributed by atoms with Gasteiger partial charge >= 0.3 is 6.18 Å². The molecule has 1 aromatic carbocycles. The lowest BCUT2D eigenvalue weighted by Crippen LogP contribution is -2.21. The summed E-state index contributed by atoms with van der Waals surface area (Å²) in [5.41, 5.74) is 0.468. The summed E-state index contributed by atoms with van der Waals surface area (Å²) in [7, 11) is 0. The van der Waals surface area contributed by atoms with Crippen molar-refractivity contribution in [2.75, 3.05) is 6.61 Å². The van der Waals surface area contributed by atoms with Crippen LogP contribution in [0.5, 0.6) is 0 Å². The van der Waals surface area contributed by atoms with E-state index in [1.54, 1.807) is 12.1 Å². The first kappa shape index (κ1) is 13.0. The van der Waals surface area contributed by atoms with E-state index in [1.165, 1.54) is 6.07 Å². The third kappa shape index (κ3) is 2.22. The Hall–Kier alpha value is -1.49. The highest BCUT2D eigenvalue weighted by Crippen LogP contribution is 2.35. The first-order valence-corrected chi connectivity index (χ1v) is 5.46. The van der Waals surface area contributed by atoms with Crippen LogP contribution in [0.1, 0.15) is 25.2 Å². The van der Waals surface area contributed by atoms with Crippen LogP contribution in [-0.2, 0) is 11.6 Å². The van der Waals surface area contributed by atoms with E-state index >= 15 is 0 Å². The summed E-state index contributed by atoms with van der Waals surface area (Å²) in [5, 5.41) is 9.64. The fourth-order valence-electron chi connectivity index (χ4n) is 1.70. The molecule has 0 atom stereocenters. The lowest BCUT2D eigenvalue weighted by molar-refractivity contribution is -0.152. The lowest BCUT2D eigenvalue weighted by atomic mass is 9.85. The Bertz CT molecular complexity index is 567. The van der Waals surface area contributed by atoms with Crippen molar-refractivity contribution in [3.8, 4) is 0 Å². The van der Waals surface area contributed by atoms with Crippen molar-refractivity contribution in [3.63, 3.8) is 0 Å². The van der Waals surface area contributed by atoms with Crippen molar-refractivity contribution in [2.45, 2.75) is 25.4 Å². The molecule has 2 nitrogen and oxygen atoms in total. The molecule has 98 valence electrons. The van der Waals surface area contributed by atoms with E-state index in [-0.39, 0.29) is 12.2 Å². The number of fused-ring (bicyclic) bond motifs is 1. The highest BCUT2D eigenvalue weighted by atomic mass is 19.4. The summed E-state index contributed by atoms with van der Waals surface area (Å²) in [4.78, 5) is 0. The van der Waals surface area contributed by atoms with E-state index in [2.05, 4.69) is 0 Å². The Labute approximate surface area is 102 Å². The molecule has 0 aliphatic heterocycles. The molecule has 0 bridgehead atoms. The zero-order chi connectivity index (χ0) is 13.6. The minimum Gasteiger partial charge on any atom is -0.452 e. The maximum absolute atomic E-state index is 12.5. The number of halogens is 3. The van der Waals surface area contributed by atoms with E-state index < -0.39 is 17.4 Å². The molecule has 1 N–H and O–H groups in total. The zero-order valence-electron chi connectivity index (χ0n) is 10.0. The van der Waals surface area contributed by atoms with Gasteiger partial charge in [0.15, 0.2) is 0 Å². The fraction of sp³-hybridized carbons (Fsp3) is 0.385. The van der Waals surface area contributed by atoms with Gasteiger partial charge in [-0.1, -0.05) is 19.9 Å². The van der Waals surface area contributed by atoms with E-state index in [4.69, 9.17) is 4.42 Å². The SMILES string of the molecule is CC(C)(CO)c1ccc2oc(C(F)(F)F)cc2c1. The number of alkyl halides is 3. The second kappa shape index (κ2) is 4.02. The minimum atomic E-state index is -4.48. The lowest BCUT2D eigenvalue weighted by Gasteiger charge is -2.21. The molecule has 1 heterocycles. The van der Waals surface area contributed by atoms with E-state index in [9.17, 15) is 18.3 Å². The number of furan rings is 1. The van der Waals surface area contributed by atoms with Gasteiger partial charge in [0.05, 0.1) is 6.61 Å². The topological polar surface area (TPSA) is 33.4 Å². The number of hydrogen-bond acceptors (Lipinski definition) is 2. The molecule has 2 aromatic rings. The molecule has 1 aromatic heterocycles. The van der Waals surface area contributed by atoms with Crippen LogP contribution in [0.15, 0.2) is 28.7 Å². The summed E-state index contributed by atoms with van der Waals surface area (Å²) >= 11 is 0. The van der Waals surface area contributed by atoms with Crippen molar-refractivity contribution in [1.82, 2.24) is 0 Å². The molecule has 0 spiro atoms. The van der Waals surface area contributed by atoms with E-state index in [0.717, 1.165) is 11.6 Å². The van der Waals surface area contributed by atoms with Gasteiger partial charge < -0.3 is 9.52 Å². The molecule has 0 saturated carbocycles. The van der Waals surface area contributed by atoms with Crippen LogP contribution in [-0.4, -0.2) is 11.7 Å². The Morgan fingerprint density at radius 2 is 1.83 bits per heavy atom. The van der Waals surface area contributed by atoms with Crippen LogP contribution in [0.3, 0.4) is 0 Å². The quantitative estimate of drug-likeness (QED) is 0.890. The molecular formula is C13H13F3O2. The van der Waals surface area contributed by atoms with Crippen LogP contribution in [0, 0.1) is 0 Å². The number of rotatable bonds is 2. The summed E-state index contributed by atoms with van der Waals surface area (Å²) in [6, 6.07) is 5.76. The number of hydrogen-bond donors (Lipinski definition) is 1. The van der Waals surface area contributed by atoms with Crippen LogP contribution in [0.4, 0.5) is 13.2 Å². The van der Waals surface area contributed by atoms with Crippen LogP contribution in [0.25, 0.3) is 11.0 Å². The Morgan fingerprint density at radius 1 is 1.17 bits per heavy atom. The van der Waals surface area contributed by atoms with Gasteiger partial charge in [-0.3, -0.25) is 0 Å². The molecule has 0 aliphatic carbocycles. The highest BCUT2D eigenvalue weighted by molar-refractivity contribution is 5.79. The minimum absolute atomic E-state index is 0.0809. The maximum Gasteiger partial charge on any atom is 0.449 e. The standard InChI is InChI=1S/C13H13F3O2/c1-12(2,7-17)9-3-4-10-8(5-9)6-11(18-10)13(14,15)16/h3-6,17H,7H2,1-2H3. The predicted octanol–water partition coefficient (Wildman–Crippen LogP) is 3.72. The monoisotopic (exact) mass is 258 g/mol. The van der Waals surface area contributed by atoms with Gasteiger partial charge in [-0.05, 0) is 23.8 Å². The fourth-order valence-corrected chi connectivity index (χ4v) is 1.70. The van der Waals surface area contributed by atoms with Crippen molar-refractivity contribution in [1.29, 1.82) is 0 Å². The third-order valence-corrected chi connectivity index (χ3v) is 2.97. The molecule has 0 saturated heterocycles. The van der Waals surface area contributed by atoms with Gasteiger partial charge in [-0.25, -0.2) is 0 Å². The largest absolute Gasteiger partial charge is 0.452 e. The van der Waals surface area contributed by atoms with Gasteiger partial charge in [0, 0.05) is 10.8 Å². The molecule has 2 rings (SSSR count). The van der Waals surface area contributed by atoms with Crippen molar-refractivity contribution < 1.29 is 22.7 Å². The molecule has 0 radical (unpaired) electrons. The van der Waals surface area contributed by atoms with Gasteiger partial charge in [0.25, 0.3) is 0 Å². The average Bonchev–Trinajstić information content (AvgIpc) is 2.71. The van der Waals surface area contributed by atoms with Crippen LogP contribution < -0.4 is 0 Å². The zero-order valence-corrected chi connectivity index (χ0v) is 10.0. The second-order valence-corrected chi connectivity index (χ2v) is 4.90. The summed E-state index contributed by atoms with van der Waals surface area (Å²) < 4.78 is 42.2. The van der Waals surface area contributed by atoms with Crippen molar-refractivity contribution in [3.05, 3.63) is 35.6 Å². The summed E-state index contributed by atoms with van der Waals surface area (Å²) in [6.45, 7) is 3.56. The smallest absolute Gasteiger partial charge is 0.449 e. The highest BCUT2D eigenvalue weighted by Gasteiger charge is 2.35. The molecule has 18 heavy (non-hydrogen) atoms. The average molecular weight is 258 g/mol. The predicted molar refractivity (Wildman–Crippen MR) is 61.3 cm³/mol. The number of benzene rings is 1. The van der Waals surface area contributed by atoms with Gasteiger partial charge in [-0.15, -0.1) is 0 Å². The van der Waals surface area contributed by atoms with Crippen molar-refractivity contribution in [2.24, 2.45) is 0 Å². The third-order valence-electron chi connectivity index (χ3n) is 2.97.